The van der Waals surface area contributed by atoms with Crippen molar-refractivity contribution in [2.75, 3.05) is 26.0 Å². The van der Waals surface area contributed by atoms with Gasteiger partial charge in [-0.25, -0.2) is 0 Å². The molecule has 158 valence electrons. The number of amides is 2. The van der Waals surface area contributed by atoms with Gasteiger partial charge in [-0.1, -0.05) is 0 Å². The van der Waals surface area contributed by atoms with E-state index < -0.39 is 0 Å². The molecule has 4 fully saturated rings. The number of hydrogen-bond acceptors (Lipinski definition) is 4. The third-order valence-electron chi connectivity index (χ3n) is 7.23. The molecule has 4 aliphatic carbocycles. The molecule has 0 saturated heterocycles. The first-order valence-corrected chi connectivity index (χ1v) is 10.8. The van der Waals surface area contributed by atoms with E-state index in [0.717, 1.165) is 48.5 Å². The quantitative estimate of drug-likeness (QED) is 0.739. The zero-order valence-corrected chi connectivity index (χ0v) is 17.7. The van der Waals surface area contributed by atoms with Gasteiger partial charge in [-0.2, -0.15) is 0 Å². The van der Waals surface area contributed by atoms with Crippen LogP contribution in [0.2, 0.25) is 0 Å². The lowest BCUT2D eigenvalue weighted by molar-refractivity contribution is -0.131. The Balaban J connectivity index is 1.29. The minimum absolute atomic E-state index is 0.00624. The van der Waals surface area contributed by atoms with Gasteiger partial charge in [0, 0.05) is 11.2 Å². The predicted molar refractivity (Wildman–Crippen MR) is 113 cm³/mol. The van der Waals surface area contributed by atoms with Crippen LogP contribution in [0.15, 0.2) is 24.3 Å². The number of nitrogens with one attached hydrogen (secondary N) is 2. The van der Waals surface area contributed by atoms with Crippen LogP contribution in [0.1, 0.15) is 45.4 Å². The number of ether oxygens (including phenoxy) is 1. The summed E-state index contributed by atoms with van der Waals surface area (Å²) in [6.07, 6.45) is 7.49. The average molecular weight is 400 g/mol. The first kappa shape index (κ1) is 20.2. The maximum atomic E-state index is 13.0. The van der Waals surface area contributed by atoms with Crippen molar-refractivity contribution in [3.63, 3.8) is 0 Å². The molecule has 2 amide bonds. The van der Waals surface area contributed by atoms with Gasteiger partial charge in [-0.05, 0) is 94.5 Å². The summed E-state index contributed by atoms with van der Waals surface area (Å²) in [6.45, 7) is 2.05. The molecule has 0 aliphatic heterocycles. The Bertz CT molecular complexity index is 726. The van der Waals surface area contributed by atoms with Crippen molar-refractivity contribution >= 4 is 17.5 Å². The molecule has 0 aromatic heterocycles. The van der Waals surface area contributed by atoms with Crippen LogP contribution in [0.3, 0.4) is 0 Å². The molecule has 6 heteroatoms. The third kappa shape index (κ3) is 4.42. The SMILES string of the molecule is COc1ccc(NC(=O)CN(C)[C@@H](C)C(=O)NC23CC4CC(CC(C4)C2)C3)cc1. The summed E-state index contributed by atoms with van der Waals surface area (Å²) in [7, 11) is 3.44. The van der Waals surface area contributed by atoms with E-state index in [2.05, 4.69) is 10.6 Å². The van der Waals surface area contributed by atoms with E-state index in [1.54, 1.807) is 31.4 Å². The van der Waals surface area contributed by atoms with Crippen LogP contribution in [0.4, 0.5) is 5.69 Å². The molecule has 4 bridgehead atoms. The number of methoxy groups -OCH3 is 1. The van der Waals surface area contributed by atoms with Crippen molar-refractivity contribution in [1.29, 1.82) is 0 Å². The number of anilines is 1. The summed E-state index contributed by atoms with van der Waals surface area (Å²) >= 11 is 0. The molecule has 2 N–H and O–H groups in total. The zero-order chi connectivity index (χ0) is 20.6. The minimum atomic E-state index is -0.343. The molecule has 0 spiro atoms. The lowest BCUT2D eigenvalue weighted by Crippen LogP contribution is -2.62. The van der Waals surface area contributed by atoms with E-state index in [1.807, 2.05) is 18.9 Å². The number of likely N-dealkylation sites (N-methyl/N-ethyl adjacent to an activating group) is 1. The third-order valence-corrected chi connectivity index (χ3v) is 7.23. The normalized spacial score (nSPS) is 30.8. The van der Waals surface area contributed by atoms with Crippen molar-refractivity contribution in [2.24, 2.45) is 17.8 Å². The fourth-order valence-corrected chi connectivity index (χ4v) is 6.07. The molecular formula is C23H33N3O3. The zero-order valence-electron chi connectivity index (χ0n) is 17.7. The lowest BCUT2D eigenvalue weighted by Gasteiger charge is -2.57. The first-order chi connectivity index (χ1) is 13.9. The van der Waals surface area contributed by atoms with Gasteiger partial charge < -0.3 is 15.4 Å². The number of hydrogen-bond donors (Lipinski definition) is 2. The second kappa shape index (κ2) is 7.98. The Hall–Kier alpha value is -2.08. The van der Waals surface area contributed by atoms with Gasteiger partial charge in [0.05, 0.1) is 19.7 Å². The van der Waals surface area contributed by atoms with Gasteiger partial charge in [-0.15, -0.1) is 0 Å². The number of benzene rings is 1. The Morgan fingerprint density at radius 1 is 1.10 bits per heavy atom. The average Bonchev–Trinajstić information content (AvgIpc) is 2.66. The van der Waals surface area contributed by atoms with Crippen molar-refractivity contribution in [3.05, 3.63) is 24.3 Å². The van der Waals surface area contributed by atoms with Crippen molar-refractivity contribution in [1.82, 2.24) is 10.2 Å². The molecule has 0 radical (unpaired) electrons. The van der Waals surface area contributed by atoms with Crippen LogP contribution in [0, 0.1) is 17.8 Å². The van der Waals surface area contributed by atoms with Crippen LogP contribution in [-0.4, -0.2) is 49.0 Å². The van der Waals surface area contributed by atoms with E-state index in [9.17, 15) is 9.59 Å². The fraction of sp³-hybridized carbons (Fsp3) is 0.652. The highest BCUT2D eigenvalue weighted by atomic mass is 16.5. The van der Waals surface area contributed by atoms with Crippen LogP contribution in [-0.2, 0) is 9.59 Å². The largest absolute Gasteiger partial charge is 0.497 e. The van der Waals surface area contributed by atoms with Crippen molar-refractivity contribution < 1.29 is 14.3 Å². The van der Waals surface area contributed by atoms with E-state index in [4.69, 9.17) is 4.74 Å². The van der Waals surface area contributed by atoms with Gasteiger partial charge in [0.25, 0.3) is 0 Å². The Labute approximate surface area is 173 Å². The molecule has 0 heterocycles. The maximum Gasteiger partial charge on any atom is 0.238 e. The van der Waals surface area contributed by atoms with Crippen LogP contribution >= 0.6 is 0 Å². The molecule has 4 saturated carbocycles. The Morgan fingerprint density at radius 3 is 2.17 bits per heavy atom. The van der Waals surface area contributed by atoms with Gasteiger partial charge >= 0.3 is 0 Å². The lowest BCUT2D eigenvalue weighted by atomic mass is 9.53. The smallest absolute Gasteiger partial charge is 0.238 e. The van der Waals surface area contributed by atoms with Crippen molar-refractivity contribution in [3.8, 4) is 5.75 Å². The summed E-state index contributed by atoms with van der Waals surface area (Å²) < 4.78 is 5.13. The first-order valence-electron chi connectivity index (χ1n) is 10.8. The molecule has 1 aromatic rings. The molecular weight excluding hydrogens is 366 g/mol. The Morgan fingerprint density at radius 2 is 1.66 bits per heavy atom. The predicted octanol–water partition coefficient (Wildman–Crippen LogP) is 3.04. The second-order valence-corrected chi connectivity index (χ2v) is 9.55. The summed E-state index contributed by atoms with van der Waals surface area (Å²) in [5.41, 5.74) is 0.724. The van der Waals surface area contributed by atoms with E-state index in [0.29, 0.717) is 0 Å². The molecule has 6 nitrogen and oxygen atoms in total. The summed E-state index contributed by atoms with van der Waals surface area (Å²) in [6, 6.07) is 6.88. The number of carbonyl (C=O) groups excluding carboxylic acids is 2. The second-order valence-electron chi connectivity index (χ2n) is 9.55. The molecule has 1 aromatic carbocycles. The van der Waals surface area contributed by atoms with E-state index >= 15 is 0 Å². The monoisotopic (exact) mass is 399 g/mol. The van der Waals surface area contributed by atoms with Crippen LogP contribution < -0.4 is 15.4 Å². The van der Waals surface area contributed by atoms with Gasteiger partial charge in [0.2, 0.25) is 11.8 Å². The minimum Gasteiger partial charge on any atom is -0.497 e. The number of carbonyl (C=O) groups is 2. The summed E-state index contributed by atoms with van der Waals surface area (Å²) in [5, 5.41) is 6.29. The fourth-order valence-electron chi connectivity index (χ4n) is 6.07. The summed E-state index contributed by atoms with van der Waals surface area (Å²) in [5.74, 6) is 3.05. The Kier molecular flexibility index (Phi) is 5.56. The van der Waals surface area contributed by atoms with Gasteiger partial charge in [0.1, 0.15) is 5.75 Å². The molecule has 0 unspecified atom stereocenters. The maximum absolute atomic E-state index is 13.0. The van der Waals surface area contributed by atoms with Crippen LogP contribution in [0.25, 0.3) is 0 Å². The molecule has 5 rings (SSSR count). The number of nitrogens with zero attached hydrogens (tertiary/aromatic N) is 1. The van der Waals surface area contributed by atoms with Gasteiger partial charge in [0.15, 0.2) is 0 Å². The standard InChI is InChI=1S/C23H33N3O3/c1-15(26(2)14-21(27)24-19-4-6-20(29-3)7-5-19)22(28)25-23-11-16-8-17(12-23)10-18(9-16)13-23/h4-7,15-18H,8-14H2,1-3H3,(H,24,27)(H,25,28)/t15-,16?,17?,18?,23?/m0/s1. The highest BCUT2D eigenvalue weighted by molar-refractivity contribution is 5.93. The summed E-state index contributed by atoms with van der Waals surface area (Å²) in [4.78, 5) is 27.2. The van der Waals surface area contributed by atoms with Gasteiger partial charge in [-0.3, -0.25) is 14.5 Å². The number of rotatable bonds is 7. The van der Waals surface area contributed by atoms with Crippen molar-refractivity contribution in [2.45, 2.75) is 57.0 Å². The topological polar surface area (TPSA) is 70.7 Å². The molecule has 29 heavy (non-hydrogen) atoms. The highest BCUT2D eigenvalue weighted by Crippen LogP contribution is 2.55. The van der Waals surface area contributed by atoms with E-state index in [-0.39, 0.29) is 29.9 Å². The molecule has 1 atom stereocenters. The van der Waals surface area contributed by atoms with Crippen LogP contribution in [0.5, 0.6) is 5.75 Å². The molecule has 4 aliphatic rings. The van der Waals surface area contributed by atoms with E-state index in [1.165, 1.54) is 19.3 Å². The highest BCUT2D eigenvalue weighted by Gasteiger charge is 2.51.